The normalized spacial score (nSPS) is 12.0. The van der Waals surface area contributed by atoms with E-state index in [-0.39, 0.29) is 6.42 Å². The average molecular weight is 105 g/mol. The molecule has 0 aliphatic heterocycles. The molecule has 0 spiro atoms. The summed E-state index contributed by atoms with van der Waals surface area (Å²) in [6.45, 7) is 1.61. The van der Waals surface area contributed by atoms with Crippen molar-refractivity contribution < 1.29 is 10.2 Å². The Morgan fingerprint density at radius 1 is 1.57 bits per heavy atom. The van der Waals surface area contributed by atoms with E-state index >= 15 is 0 Å². The van der Waals surface area contributed by atoms with Crippen molar-refractivity contribution in [2.24, 2.45) is 5.73 Å². The summed E-state index contributed by atoms with van der Waals surface area (Å²) < 4.78 is 0. The summed E-state index contributed by atoms with van der Waals surface area (Å²) in [6.07, 6.45) is 0.229. The molecule has 0 bridgehead atoms. The van der Waals surface area contributed by atoms with Crippen molar-refractivity contribution in [2.45, 2.75) is 19.1 Å². The number of aliphatic hydroxyl groups is 2. The van der Waals surface area contributed by atoms with E-state index in [0.29, 0.717) is 6.54 Å². The van der Waals surface area contributed by atoms with Crippen molar-refractivity contribution in [3.05, 3.63) is 0 Å². The minimum Gasteiger partial charge on any atom is -0.366 e. The van der Waals surface area contributed by atoms with Crippen LogP contribution in [0.25, 0.3) is 0 Å². The molecule has 0 heterocycles. The Morgan fingerprint density at radius 2 is 2.00 bits per heavy atom. The first kappa shape index (κ1) is 6.88. The van der Waals surface area contributed by atoms with E-state index in [1.165, 1.54) is 6.92 Å². The van der Waals surface area contributed by atoms with Crippen molar-refractivity contribution >= 4 is 0 Å². The van der Waals surface area contributed by atoms with Gasteiger partial charge >= 0.3 is 0 Å². The maximum absolute atomic E-state index is 8.49. The molecule has 4 N–H and O–H groups in total. The van der Waals surface area contributed by atoms with Crippen LogP contribution >= 0.6 is 0 Å². The highest BCUT2D eigenvalue weighted by atomic mass is 16.5. The molecule has 44 valence electrons. The van der Waals surface area contributed by atoms with Crippen molar-refractivity contribution in [2.75, 3.05) is 6.54 Å². The Balaban J connectivity index is 3.15. The Morgan fingerprint density at radius 3 is 2.00 bits per heavy atom. The molecule has 0 amide bonds. The molecule has 0 radical (unpaired) electrons. The number of hydrogen-bond acceptors (Lipinski definition) is 3. The van der Waals surface area contributed by atoms with Gasteiger partial charge in [-0.25, -0.2) is 0 Å². The van der Waals surface area contributed by atoms with Crippen LogP contribution < -0.4 is 5.73 Å². The highest BCUT2D eigenvalue weighted by molar-refractivity contribution is 4.54. The molecule has 7 heavy (non-hydrogen) atoms. The first-order valence-electron chi connectivity index (χ1n) is 2.21. The van der Waals surface area contributed by atoms with Crippen LogP contribution in [0.3, 0.4) is 0 Å². The number of nitrogens with two attached hydrogens (primary N) is 1. The zero-order chi connectivity index (χ0) is 5.91. The first-order chi connectivity index (χ1) is 3.06. The fraction of sp³-hybridized carbons (Fsp3) is 1.00. The van der Waals surface area contributed by atoms with E-state index in [4.69, 9.17) is 15.9 Å². The summed E-state index contributed by atoms with van der Waals surface area (Å²) >= 11 is 0. The maximum Gasteiger partial charge on any atom is 0.160 e. The predicted molar refractivity (Wildman–Crippen MR) is 26.5 cm³/mol. The number of hydrogen-bond donors (Lipinski definition) is 3. The van der Waals surface area contributed by atoms with Gasteiger partial charge in [0.15, 0.2) is 5.79 Å². The van der Waals surface area contributed by atoms with Crippen LogP contribution in [-0.2, 0) is 0 Å². The summed E-state index contributed by atoms with van der Waals surface area (Å²) in [7, 11) is 0. The summed E-state index contributed by atoms with van der Waals surface area (Å²) in [5.41, 5.74) is 4.99. The molecular weight excluding hydrogens is 94.0 g/mol. The summed E-state index contributed by atoms with van der Waals surface area (Å²) in [5.74, 6) is -1.57. The van der Waals surface area contributed by atoms with E-state index in [2.05, 4.69) is 0 Å². The second-order valence-electron chi connectivity index (χ2n) is 1.76. The molecule has 0 atom stereocenters. The van der Waals surface area contributed by atoms with Crippen LogP contribution in [-0.4, -0.2) is 22.5 Å². The Bertz CT molecular complexity index is 48.1. The van der Waals surface area contributed by atoms with Gasteiger partial charge in [-0.15, -0.1) is 0 Å². The minimum atomic E-state index is -1.57. The van der Waals surface area contributed by atoms with Crippen LogP contribution in [0.1, 0.15) is 13.3 Å². The molecule has 0 unspecified atom stereocenters. The van der Waals surface area contributed by atoms with Gasteiger partial charge in [-0.05, 0) is 13.5 Å². The fourth-order valence-electron chi connectivity index (χ4n) is 0.273. The lowest BCUT2D eigenvalue weighted by molar-refractivity contribution is -0.147. The van der Waals surface area contributed by atoms with Gasteiger partial charge < -0.3 is 15.9 Å². The van der Waals surface area contributed by atoms with Crippen LogP contribution in [0.4, 0.5) is 0 Å². The smallest absolute Gasteiger partial charge is 0.160 e. The molecule has 0 rings (SSSR count). The second kappa shape index (κ2) is 2.26. The van der Waals surface area contributed by atoms with Crippen LogP contribution in [0.2, 0.25) is 0 Å². The van der Waals surface area contributed by atoms with E-state index in [9.17, 15) is 0 Å². The molecular formula is C4H11NO2. The zero-order valence-corrected chi connectivity index (χ0v) is 4.39. The monoisotopic (exact) mass is 105 g/mol. The van der Waals surface area contributed by atoms with Gasteiger partial charge in [-0.2, -0.15) is 0 Å². The van der Waals surface area contributed by atoms with Crippen LogP contribution in [0.15, 0.2) is 0 Å². The molecule has 0 fully saturated rings. The molecule has 0 aromatic carbocycles. The molecule has 0 aliphatic carbocycles. The van der Waals surface area contributed by atoms with Gasteiger partial charge in [0.25, 0.3) is 0 Å². The Hall–Kier alpha value is -0.120. The van der Waals surface area contributed by atoms with E-state index in [1.54, 1.807) is 0 Å². The Kier molecular flexibility index (Phi) is 2.22. The standard InChI is InChI=1S/C4H11NO2/c1-4(6,7)2-3-5/h6-7H,2-3,5H2,1H3. The molecule has 0 saturated carbocycles. The third kappa shape index (κ3) is 5.88. The van der Waals surface area contributed by atoms with E-state index in [1.807, 2.05) is 0 Å². The summed E-state index contributed by atoms with van der Waals surface area (Å²) in [6, 6.07) is 0. The zero-order valence-electron chi connectivity index (χ0n) is 4.39. The molecule has 0 aromatic heterocycles. The highest BCUT2D eigenvalue weighted by Crippen LogP contribution is 1.99. The minimum absolute atomic E-state index is 0.229. The van der Waals surface area contributed by atoms with E-state index in [0.717, 1.165) is 0 Å². The van der Waals surface area contributed by atoms with Crippen molar-refractivity contribution in [3.63, 3.8) is 0 Å². The van der Waals surface area contributed by atoms with Gasteiger partial charge in [0, 0.05) is 6.42 Å². The van der Waals surface area contributed by atoms with Gasteiger partial charge in [0.1, 0.15) is 0 Å². The first-order valence-corrected chi connectivity index (χ1v) is 2.21. The third-order valence-electron chi connectivity index (χ3n) is 0.618. The highest BCUT2D eigenvalue weighted by Gasteiger charge is 2.11. The molecule has 3 heteroatoms. The second-order valence-corrected chi connectivity index (χ2v) is 1.76. The topological polar surface area (TPSA) is 66.5 Å². The lowest BCUT2D eigenvalue weighted by Crippen LogP contribution is -2.26. The largest absolute Gasteiger partial charge is 0.366 e. The SMILES string of the molecule is CC(O)(O)CCN. The van der Waals surface area contributed by atoms with Crippen LogP contribution in [0.5, 0.6) is 0 Å². The van der Waals surface area contributed by atoms with E-state index < -0.39 is 5.79 Å². The number of rotatable bonds is 2. The molecule has 0 saturated heterocycles. The quantitative estimate of drug-likeness (QED) is 0.396. The van der Waals surface area contributed by atoms with Crippen molar-refractivity contribution in [1.82, 2.24) is 0 Å². The average Bonchev–Trinajstić information content (AvgIpc) is 1.30. The van der Waals surface area contributed by atoms with Gasteiger partial charge in [-0.1, -0.05) is 0 Å². The predicted octanol–water partition coefficient (Wildman–Crippen LogP) is -0.964. The lowest BCUT2D eigenvalue weighted by atomic mass is 10.2. The fourth-order valence-corrected chi connectivity index (χ4v) is 0.273. The lowest BCUT2D eigenvalue weighted by Gasteiger charge is -2.12. The third-order valence-corrected chi connectivity index (χ3v) is 0.618. The van der Waals surface area contributed by atoms with Crippen LogP contribution in [0, 0.1) is 0 Å². The van der Waals surface area contributed by atoms with Gasteiger partial charge in [0.05, 0.1) is 0 Å². The molecule has 0 aromatic rings. The summed E-state index contributed by atoms with van der Waals surface area (Å²) in [5, 5.41) is 17.0. The Labute approximate surface area is 42.8 Å². The van der Waals surface area contributed by atoms with Crippen molar-refractivity contribution in [3.8, 4) is 0 Å². The van der Waals surface area contributed by atoms with Crippen molar-refractivity contribution in [1.29, 1.82) is 0 Å². The van der Waals surface area contributed by atoms with Gasteiger partial charge in [-0.3, -0.25) is 0 Å². The molecule has 0 aliphatic rings. The molecule has 3 nitrogen and oxygen atoms in total. The van der Waals surface area contributed by atoms with Gasteiger partial charge in [0.2, 0.25) is 0 Å². The summed E-state index contributed by atoms with van der Waals surface area (Å²) in [4.78, 5) is 0. The maximum atomic E-state index is 8.49.